The summed E-state index contributed by atoms with van der Waals surface area (Å²) in [4.78, 5) is 22.3. The van der Waals surface area contributed by atoms with Crippen LogP contribution in [0.1, 0.15) is 6.92 Å². The highest BCUT2D eigenvalue weighted by Gasteiger charge is 2.17. The molecule has 1 amide bonds. The van der Waals surface area contributed by atoms with Crippen LogP contribution in [0, 0.1) is 0 Å². The summed E-state index contributed by atoms with van der Waals surface area (Å²) in [6, 6.07) is 0. The van der Waals surface area contributed by atoms with Crippen molar-refractivity contribution in [1.82, 2.24) is 5.32 Å². The number of carbonyl (C=O) groups excluding carboxylic acids is 2. The molecule has 2 N–H and O–H groups in total. The van der Waals surface area contributed by atoms with Gasteiger partial charge in [0.15, 0.2) is 6.16 Å². The van der Waals surface area contributed by atoms with E-state index in [9.17, 15) is 14.2 Å². The first-order valence-electron chi connectivity index (χ1n) is 4.80. The minimum Gasteiger partial charge on any atom is -0.464 e. The van der Waals surface area contributed by atoms with E-state index in [1.807, 2.05) is 0 Å². The van der Waals surface area contributed by atoms with Crippen molar-refractivity contribution in [3.63, 3.8) is 0 Å². The van der Waals surface area contributed by atoms with E-state index in [1.54, 1.807) is 6.92 Å². The predicted molar refractivity (Wildman–Crippen MR) is 59.8 cm³/mol. The number of carbonyl (C=O) groups is 2. The van der Waals surface area contributed by atoms with Crippen molar-refractivity contribution in [2.45, 2.75) is 6.92 Å². The van der Waals surface area contributed by atoms with Gasteiger partial charge >= 0.3 is 19.9 Å². The number of aliphatic hydroxyl groups is 1. The molecule has 0 saturated heterocycles. The van der Waals surface area contributed by atoms with Crippen molar-refractivity contribution in [3.8, 4) is 0 Å². The van der Waals surface area contributed by atoms with Crippen LogP contribution in [0.4, 0.5) is 4.79 Å². The molecule has 0 rings (SSSR count). The van der Waals surface area contributed by atoms with Gasteiger partial charge in [-0.3, -0.25) is 5.32 Å². The Hall–Kier alpha value is -1.46. The SMILES string of the molecule is CCOC(=O)NC(=CC[P+](=O)CO)C(=O)OC. The van der Waals surface area contributed by atoms with Crippen LogP contribution < -0.4 is 5.32 Å². The molecule has 0 aromatic rings. The normalized spacial score (nSPS) is 11.7. The fraction of sp³-hybridized carbons (Fsp3) is 0.556. The standard InChI is InChI=1S/C9H14NO6P/c1-3-16-9(13)10-7(8(12)15-2)4-5-17(14)6-11/h4,11H,3,5-6H2,1-2H3/p+1. The average molecular weight is 264 g/mol. The third-order valence-corrected chi connectivity index (χ3v) is 2.48. The number of methoxy groups -OCH3 is 1. The Labute approximate surface area is 99.6 Å². The minimum absolute atomic E-state index is 0.0390. The van der Waals surface area contributed by atoms with Crippen molar-refractivity contribution in [2.75, 3.05) is 26.2 Å². The summed E-state index contributed by atoms with van der Waals surface area (Å²) in [7, 11) is -0.696. The quantitative estimate of drug-likeness (QED) is 0.413. The summed E-state index contributed by atoms with van der Waals surface area (Å²) in [5.41, 5.74) is -0.164. The van der Waals surface area contributed by atoms with E-state index >= 15 is 0 Å². The van der Waals surface area contributed by atoms with Crippen LogP contribution in [-0.4, -0.2) is 43.4 Å². The lowest BCUT2D eigenvalue weighted by Crippen LogP contribution is -2.28. The molecule has 0 aliphatic carbocycles. The van der Waals surface area contributed by atoms with E-state index < -0.39 is 26.2 Å². The predicted octanol–water partition coefficient (Wildman–Crippen LogP) is 0.567. The van der Waals surface area contributed by atoms with Crippen LogP contribution in [0.15, 0.2) is 11.8 Å². The molecule has 0 aromatic carbocycles. The Balaban J connectivity index is 4.59. The second-order valence-corrected chi connectivity index (χ2v) is 4.37. The van der Waals surface area contributed by atoms with Gasteiger partial charge in [-0.15, -0.1) is 0 Å². The molecule has 0 aromatic heterocycles. The van der Waals surface area contributed by atoms with Crippen LogP contribution in [0.2, 0.25) is 0 Å². The molecule has 0 aliphatic heterocycles. The molecule has 0 radical (unpaired) electrons. The van der Waals surface area contributed by atoms with Gasteiger partial charge in [-0.05, 0) is 13.0 Å². The van der Waals surface area contributed by atoms with Crippen molar-refractivity contribution < 1.29 is 28.7 Å². The number of nitrogens with one attached hydrogen (secondary N) is 1. The third-order valence-electron chi connectivity index (χ3n) is 1.57. The maximum absolute atomic E-state index is 11.2. The maximum atomic E-state index is 11.2. The number of allylic oxidation sites excluding steroid dienone is 1. The molecular formula is C9H15NO6P+. The van der Waals surface area contributed by atoms with Crippen molar-refractivity contribution >= 4 is 19.9 Å². The maximum Gasteiger partial charge on any atom is 0.411 e. The highest BCUT2D eigenvalue weighted by Crippen LogP contribution is 2.18. The first-order valence-corrected chi connectivity index (χ1v) is 6.43. The lowest BCUT2D eigenvalue weighted by Gasteiger charge is -2.06. The van der Waals surface area contributed by atoms with E-state index in [0.717, 1.165) is 7.11 Å². The van der Waals surface area contributed by atoms with Gasteiger partial charge < -0.3 is 14.6 Å². The van der Waals surface area contributed by atoms with E-state index in [-0.39, 0.29) is 18.5 Å². The number of hydrogen-bond acceptors (Lipinski definition) is 6. The molecule has 7 nitrogen and oxygen atoms in total. The first-order chi connectivity index (χ1) is 8.04. The molecule has 0 heterocycles. The largest absolute Gasteiger partial charge is 0.464 e. The molecule has 0 bridgehead atoms. The van der Waals surface area contributed by atoms with E-state index in [4.69, 9.17) is 5.11 Å². The first kappa shape index (κ1) is 15.5. The molecule has 0 aliphatic rings. The molecule has 0 spiro atoms. The van der Waals surface area contributed by atoms with E-state index in [0.29, 0.717) is 0 Å². The van der Waals surface area contributed by atoms with Gasteiger partial charge in [-0.1, -0.05) is 4.57 Å². The summed E-state index contributed by atoms with van der Waals surface area (Å²) >= 11 is 0. The third kappa shape index (κ3) is 6.65. The lowest BCUT2D eigenvalue weighted by atomic mass is 10.4. The number of rotatable bonds is 6. The van der Waals surface area contributed by atoms with Crippen molar-refractivity contribution in [2.24, 2.45) is 0 Å². The van der Waals surface area contributed by atoms with Gasteiger partial charge in [0.05, 0.1) is 13.7 Å². The monoisotopic (exact) mass is 264 g/mol. The smallest absolute Gasteiger partial charge is 0.411 e. The van der Waals surface area contributed by atoms with Gasteiger partial charge in [0.25, 0.3) is 0 Å². The number of amides is 1. The molecule has 8 heteroatoms. The van der Waals surface area contributed by atoms with Gasteiger partial charge in [-0.25, -0.2) is 9.59 Å². The summed E-state index contributed by atoms with van der Waals surface area (Å²) in [6.07, 6.45) is -0.108. The topological polar surface area (TPSA) is 102 Å². The van der Waals surface area contributed by atoms with Gasteiger partial charge in [0.2, 0.25) is 6.35 Å². The van der Waals surface area contributed by atoms with E-state index in [2.05, 4.69) is 14.8 Å². The zero-order valence-electron chi connectivity index (χ0n) is 9.63. The van der Waals surface area contributed by atoms with Crippen LogP contribution in [0.25, 0.3) is 0 Å². The molecule has 1 unspecified atom stereocenters. The molecule has 96 valence electrons. The minimum atomic E-state index is -1.84. The molecule has 0 fully saturated rings. The second kappa shape index (κ2) is 8.66. The zero-order valence-corrected chi connectivity index (χ0v) is 10.5. The number of alkyl carbamates (subject to hydrolysis) is 1. The van der Waals surface area contributed by atoms with Crippen molar-refractivity contribution in [1.29, 1.82) is 0 Å². The highest BCUT2D eigenvalue weighted by molar-refractivity contribution is 7.44. The van der Waals surface area contributed by atoms with Crippen LogP contribution in [-0.2, 0) is 18.8 Å². The van der Waals surface area contributed by atoms with Crippen LogP contribution >= 0.6 is 7.80 Å². The Kier molecular flexibility index (Phi) is 7.92. The Bertz CT molecular complexity index is 327. The van der Waals surface area contributed by atoms with Gasteiger partial charge in [0.1, 0.15) is 5.70 Å². The average Bonchev–Trinajstić information content (AvgIpc) is 2.33. The number of ether oxygens (including phenoxy) is 2. The molecule has 17 heavy (non-hydrogen) atoms. The fourth-order valence-corrected chi connectivity index (χ4v) is 1.33. The Morgan fingerprint density at radius 3 is 2.59 bits per heavy atom. The Morgan fingerprint density at radius 2 is 2.12 bits per heavy atom. The fourth-order valence-electron chi connectivity index (χ4n) is 0.823. The lowest BCUT2D eigenvalue weighted by molar-refractivity contribution is -0.136. The van der Waals surface area contributed by atoms with Gasteiger partial charge in [0, 0.05) is 0 Å². The second-order valence-electron chi connectivity index (χ2n) is 2.76. The number of hydrogen-bond donors (Lipinski definition) is 2. The van der Waals surface area contributed by atoms with E-state index in [1.165, 1.54) is 6.08 Å². The summed E-state index contributed by atoms with van der Waals surface area (Å²) in [5, 5.41) is 10.7. The summed E-state index contributed by atoms with van der Waals surface area (Å²) < 4.78 is 20.0. The molecule has 0 saturated carbocycles. The number of esters is 1. The zero-order chi connectivity index (χ0) is 13.3. The van der Waals surface area contributed by atoms with Crippen LogP contribution in [0.3, 0.4) is 0 Å². The summed E-state index contributed by atoms with van der Waals surface area (Å²) in [6.45, 7) is 1.77. The molecular weight excluding hydrogens is 249 g/mol. The summed E-state index contributed by atoms with van der Waals surface area (Å²) in [5.74, 6) is -0.778. The van der Waals surface area contributed by atoms with Crippen molar-refractivity contribution in [3.05, 3.63) is 11.8 Å². The van der Waals surface area contributed by atoms with Crippen LogP contribution in [0.5, 0.6) is 0 Å². The van der Waals surface area contributed by atoms with Gasteiger partial charge in [-0.2, -0.15) is 0 Å². The Morgan fingerprint density at radius 1 is 1.47 bits per heavy atom. The number of aliphatic hydroxyl groups excluding tert-OH is 1. The molecule has 1 atom stereocenters. The highest BCUT2D eigenvalue weighted by atomic mass is 31.1.